The Bertz CT molecular complexity index is 2870. The highest BCUT2D eigenvalue weighted by molar-refractivity contribution is 6.12. The standard InChI is InChI=1S/C51H34N4O/c1-5-14-35(15-6-1)36-24-29-42(30-25-36)55(41-20-11-4-12-21-41)43-31-26-37(27-32-43)40-28-33-44-47(34-40)56-46-23-13-22-45(48(44)46)51-53-49(38-16-7-2-8-17-38)52-50(54-51)39-18-9-3-10-19-39/h1-34H. The summed E-state index contributed by atoms with van der Waals surface area (Å²) in [5, 5.41) is 1.98. The molecule has 264 valence electrons. The van der Waals surface area contributed by atoms with E-state index in [1.54, 1.807) is 0 Å². The second-order valence-corrected chi connectivity index (χ2v) is 13.7. The van der Waals surface area contributed by atoms with Crippen molar-refractivity contribution in [3.05, 3.63) is 206 Å². The van der Waals surface area contributed by atoms with Crippen molar-refractivity contribution < 1.29 is 4.42 Å². The number of para-hydroxylation sites is 1. The van der Waals surface area contributed by atoms with Crippen LogP contribution in [0.25, 0.3) is 78.4 Å². The van der Waals surface area contributed by atoms with E-state index in [4.69, 9.17) is 19.4 Å². The Morgan fingerprint density at radius 1 is 0.321 bits per heavy atom. The molecule has 0 saturated carbocycles. The van der Waals surface area contributed by atoms with Gasteiger partial charge in [-0.05, 0) is 76.9 Å². The topological polar surface area (TPSA) is 55.1 Å². The van der Waals surface area contributed by atoms with Crippen LogP contribution in [0.4, 0.5) is 17.1 Å². The van der Waals surface area contributed by atoms with Gasteiger partial charge >= 0.3 is 0 Å². The number of aromatic nitrogens is 3. The maximum atomic E-state index is 6.55. The fourth-order valence-electron chi connectivity index (χ4n) is 7.38. The fraction of sp³-hybridized carbons (Fsp3) is 0. The molecule has 8 aromatic carbocycles. The van der Waals surface area contributed by atoms with E-state index in [9.17, 15) is 0 Å². The first-order valence-electron chi connectivity index (χ1n) is 18.7. The van der Waals surface area contributed by atoms with Crippen LogP contribution in [0.2, 0.25) is 0 Å². The van der Waals surface area contributed by atoms with Gasteiger partial charge in [-0.3, -0.25) is 0 Å². The third-order valence-corrected chi connectivity index (χ3v) is 10.1. The van der Waals surface area contributed by atoms with Crippen molar-refractivity contribution in [3.8, 4) is 56.4 Å². The first-order valence-corrected chi connectivity index (χ1v) is 18.7. The van der Waals surface area contributed by atoms with Gasteiger partial charge in [-0.15, -0.1) is 0 Å². The Hall–Kier alpha value is -7.63. The lowest BCUT2D eigenvalue weighted by Gasteiger charge is -2.26. The third kappa shape index (κ3) is 6.27. The lowest BCUT2D eigenvalue weighted by Crippen LogP contribution is -2.09. The molecule has 0 saturated heterocycles. The molecule has 10 aromatic rings. The number of rotatable bonds is 8. The highest BCUT2D eigenvalue weighted by Gasteiger charge is 2.19. The van der Waals surface area contributed by atoms with Crippen LogP contribution in [0.5, 0.6) is 0 Å². The van der Waals surface area contributed by atoms with Crippen molar-refractivity contribution in [2.75, 3.05) is 4.90 Å². The molecule has 0 aliphatic carbocycles. The molecule has 2 aromatic heterocycles. The summed E-state index contributed by atoms with van der Waals surface area (Å²) in [6.45, 7) is 0. The number of nitrogens with zero attached hydrogens (tertiary/aromatic N) is 4. The van der Waals surface area contributed by atoms with Crippen LogP contribution in [0, 0.1) is 0 Å². The molecule has 2 heterocycles. The van der Waals surface area contributed by atoms with Crippen LogP contribution in [-0.4, -0.2) is 15.0 Å². The van der Waals surface area contributed by atoms with E-state index in [0.29, 0.717) is 17.5 Å². The second-order valence-electron chi connectivity index (χ2n) is 13.7. The molecule has 0 aliphatic rings. The highest BCUT2D eigenvalue weighted by atomic mass is 16.3. The normalized spacial score (nSPS) is 11.2. The molecule has 0 spiro atoms. The zero-order valence-electron chi connectivity index (χ0n) is 30.3. The average Bonchev–Trinajstić information content (AvgIpc) is 3.66. The summed E-state index contributed by atoms with van der Waals surface area (Å²) in [6.07, 6.45) is 0. The van der Waals surface area contributed by atoms with Gasteiger partial charge < -0.3 is 9.32 Å². The number of hydrogen-bond acceptors (Lipinski definition) is 5. The van der Waals surface area contributed by atoms with Crippen molar-refractivity contribution in [1.29, 1.82) is 0 Å². The first-order chi connectivity index (χ1) is 27.7. The summed E-state index contributed by atoms with van der Waals surface area (Å²) in [5.74, 6) is 1.85. The number of fused-ring (bicyclic) bond motifs is 3. The zero-order valence-corrected chi connectivity index (χ0v) is 30.3. The Morgan fingerprint density at radius 2 is 0.768 bits per heavy atom. The van der Waals surface area contributed by atoms with E-state index in [0.717, 1.165) is 66.8 Å². The summed E-state index contributed by atoms with van der Waals surface area (Å²) in [7, 11) is 0. The van der Waals surface area contributed by atoms with Gasteiger partial charge in [0, 0.05) is 44.5 Å². The van der Waals surface area contributed by atoms with E-state index in [1.165, 1.54) is 11.1 Å². The van der Waals surface area contributed by atoms with Crippen LogP contribution < -0.4 is 4.90 Å². The summed E-state index contributed by atoms with van der Waals surface area (Å²) < 4.78 is 6.55. The minimum atomic E-state index is 0.600. The molecule has 10 rings (SSSR count). The summed E-state index contributed by atoms with van der Waals surface area (Å²) in [6, 6.07) is 71.1. The van der Waals surface area contributed by atoms with Gasteiger partial charge in [0.05, 0.1) is 0 Å². The summed E-state index contributed by atoms with van der Waals surface area (Å²) >= 11 is 0. The van der Waals surface area contributed by atoms with Crippen molar-refractivity contribution in [2.24, 2.45) is 0 Å². The molecular weight excluding hydrogens is 685 g/mol. The molecule has 0 amide bonds. The number of hydrogen-bond donors (Lipinski definition) is 0. The Morgan fingerprint density at radius 3 is 1.34 bits per heavy atom. The largest absolute Gasteiger partial charge is 0.456 e. The molecule has 5 heteroatoms. The van der Waals surface area contributed by atoms with E-state index < -0.39 is 0 Å². The van der Waals surface area contributed by atoms with Gasteiger partial charge in [-0.25, -0.2) is 15.0 Å². The number of furan rings is 1. The molecule has 0 atom stereocenters. The monoisotopic (exact) mass is 718 g/mol. The van der Waals surface area contributed by atoms with Crippen molar-refractivity contribution in [2.45, 2.75) is 0 Å². The van der Waals surface area contributed by atoms with Gasteiger partial charge in [0.25, 0.3) is 0 Å². The number of benzene rings is 8. The predicted molar refractivity (Wildman–Crippen MR) is 229 cm³/mol. The lowest BCUT2D eigenvalue weighted by molar-refractivity contribution is 0.669. The molecular formula is C51H34N4O. The SMILES string of the molecule is c1ccc(-c2ccc(N(c3ccccc3)c3ccc(-c4ccc5c(c4)oc4cccc(-c6nc(-c7ccccc7)nc(-c7ccccc7)n6)c45)cc3)cc2)cc1. The van der Waals surface area contributed by atoms with Gasteiger partial charge in [-0.1, -0.05) is 152 Å². The zero-order chi connectivity index (χ0) is 37.3. The maximum Gasteiger partial charge on any atom is 0.164 e. The van der Waals surface area contributed by atoms with Crippen LogP contribution in [0.15, 0.2) is 211 Å². The fourth-order valence-corrected chi connectivity index (χ4v) is 7.38. The van der Waals surface area contributed by atoms with E-state index in [2.05, 4.69) is 132 Å². The molecule has 0 unspecified atom stereocenters. The van der Waals surface area contributed by atoms with Crippen molar-refractivity contribution in [3.63, 3.8) is 0 Å². The molecule has 0 bridgehead atoms. The molecule has 0 radical (unpaired) electrons. The first kappa shape index (κ1) is 33.0. The molecule has 0 aliphatic heterocycles. The van der Waals surface area contributed by atoms with E-state index >= 15 is 0 Å². The maximum absolute atomic E-state index is 6.55. The Labute approximate surface area is 324 Å². The third-order valence-electron chi connectivity index (χ3n) is 10.1. The quantitative estimate of drug-likeness (QED) is 0.157. The van der Waals surface area contributed by atoms with Gasteiger partial charge in [0.2, 0.25) is 0 Å². The molecule has 0 N–H and O–H groups in total. The highest BCUT2D eigenvalue weighted by Crippen LogP contribution is 2.40. The average molecular weight is 719 g/mol. The van der Waals surface area contributed by atoms with Crippen molar-refractivity contribution >= 4 is 39.0 Å². The second kappa shape index (κ2) is 14.3. The smallest absolute Gasteiger partial charge is 0.164 e. The minimum absolute atomic E-state index is 0.600. The van der Waals surface area contributed by atoms with Gasteiger partial charge in [0.15, 0.2) is 17.5 Å². The van der Waals surface area contributed by atoms with E-state index in [1.807, 2.05) is 78.9 Å². The molecule has 5 nitrogen and oxygen atoms in total. The Balaban J connectivity index is 1.01. The van der Waals surface area contributed by atoms with Crippen LogP contribution in [0.3, 0.4) is 0 Å². The van der Waals surface area contributed by atoms with Crippen LogP contribution in [0.1, 0.15) is 0 Å². The van der Waals surface area contributed by atoms with Gasteiger partial charge in [-0.2, -0.15) is 0 Å². The minimum Gasteiger partial charge on any atom is -0.456 e. The molecule has 56 heavy (non-hydrogen) atoms. The Kier molecular flexibility index (Phi) is 8.43. The molecule has 0 fully saturated rings. The van der Waals surface area contributed by atoms with Crippen LogP contribution >= 0.6 is 0 Å². The van der Waals surface area contributed by atoms with E-state index in [-0.39, 0.29) is 0 Å². The van der Waals surface area contributed by atoms with Gasteiger partial charge in [0.1, 0.15) is 11.2 Å². The van der Waals surface area contributed by atoms with Crippen molar-refractivity contribution in [1.82, 2.24) is 15.0 Å². The predicted octanol–water partition coefficient (Wildman–Crippen LogP) is 13.6. The summed E-state index contributed by atoms with van der Waals surface area (Å²) in [5.41, 5.74) is 12.2. The van der Waals surface area contributed by atoms with Crippen LogP contribution in [-0.2, 0) is 0 Å². The summed E-state index contributed by atoms with van der Waals surface area (Å²) in [4.78, 5) is 17.2. The number of anilines is 3. The lowest BCUT2D eigenvalue weighted by atomic mass is 10.0.